The molecule has 1 aromatic carbocycles. The van der Waals surface area contributed by atoms with Gasteiger partial charge in [0.15, 0.2) is 11.7 Å². The third-order valence-electron chi connectivity index (χ3n) is 5.25. The number of carbonyl (C=O) groups excluding carboxylic acids is 2. The van der Waals surface area contributed by atoms with Gasteiger partial charge in [0, 0.05) is 49.7 Å². The predicted molar refractivity (Wildman–Crippen MR) is 120 cm³/mol. The van der Waals surface area contributed by atoms with Crippen molar-refractivity contribution >= 4 is 34.0 Å². The third-order valence-corrected chi connectivity index (χ3v) is 6.06. The standard InChI is InChI=1S/C22H28N4O4S/c1-15-10-25(11-16(2)30-15)12-17-14-31-22(23-17)24-20(27)13-29-19-6-3-5-18(9-19)26-8-4-7-21(26)28/h3,5-6,9,14-16H,4,7-8,10-13H2,1-2H3,(H,23,24,27). The lowest BCUT2D eigenvalue weighted by Crippen LogP contribution is -2.44. The number of rotatable bonds is 7. The van der Waals surface area contributed by atoms with Gasteiger partial charge in [-0.15, -0.1) is 11.3 Å². The van der Waals surface area contributed by atoms with E-state index < -0.39 is 0 Å². The van der Waals surface area contributed by atoms with Crippen LogP contribution in [0.15, 0.2) is 29.6 Å². The van der Waals surface area contributed by atoms with E-state index in [1.807, 2.05) is 17.5 Å². The van der Waals surface area contributed by atoms with Crippen molar-refractivity contribution in [2.24, 2.45) is 0 Å². The molecule has 0 spiro atoms. The molecule has 2 atom stereocenters. The van der Waals surface area contributed by atoms with E-state index in [-0.39, 0.29) is 30.6 Å². The molecule has 2 aliphatic heterocycles. The van der Waals surface area contributed by atoms with E-state index in [9.17, 15) is 9.59 Å². The topological polar surface area (TPSA) is 84.0 Å². The molecule has 2 aliphatic rings. The van der Waals surface area contributed by atoms with Crippen molar-refractivity contribution in [1.29, 1.82) is 0 Å². The fourth-order valence-electron chi connectivity index (χ4n) is 4.05. The van der Waals surface area contributed by atoms with Crippen molar-refractivity contribution in [2.75, 3.05) is 36.5 Å². The molecule has 0 radical (unpaired) electrons. The molecule has 1 aromatic heterocycles. The van der Waals surface area contributed by atoms with Gasteiger partial charge >= 0.3 is 0 Å². The summed E-state index contributed by atoms with van der Waals surface area (Å²) in [6, 6.07) is 7.28. The van der Waals surface area contributed by atoms with E-state index in [0.29, 0.717) is 17.3 Å². The summed E-state index contributed by atoms with van der Waals surface area (Å²) < 4.78 is 11.4. The monoisotopic (exact) mass is 444 g/mol. The Labute approximate surface area is 186 Å². The molecule has 1 N–H and O–H groups in total. The van der Waals surface area contributed by atoms with Gasteiger partial charge in [0.2, 0.25) is 5.91 Å². The summed E-state index contributed by atoms with van der Waals surface area (Å²) >= 11 is 1.41. The molecular formula is C22H28N4O4S. The Hall–Kier alpha value is -2.49. The SMILES string of the molecule is CC1CN(Cc2csc(NC(=O)COc3cccc(N4CCCC4=O)c3)n2)CC(C)O1. The first-order valence-corrected chi connectivity index (χ1v) is 11.5. The molecule has 8 nitrogen and oxygen atoms in total. The van der Waals surface area contributed by atoms with Crippen LogP contribution >= 0.6 is 11.3 Å². The summed E-state index contributed by atoms with van der Waals surface area (Å²) in [6.45, 7) is 7.24. The smallest absolute Gasteiger partial charge is 0.264 e. The number of amides is 2. The number of aromatic nitrogens is 1. The largest absolute Gasteiger partial charge is 0.484 e. The predicted octanol–water partition coefficient (Wildman–Crippen LogP) is 2.90. The zero-order valence-corrected chi connectivity index (χ0v) is 18.7. The second-order valence-corrected chi connectivity index (χ2v) is 8.94. The lowest BCUT2D eigenvalue weighted by Gasteiger charge is -2.34. The van der Waals surface area contributed by atoms with Crippen molar-refractivity contribution in [3.63, 3.8) is 0 Å². The molecule has 4 rings (SSSR count). The average Bonchev–Trinajstić information content (AvgIpc) is 3.34. The van der Waals surface area contributed by atoms with Crippen molar-refractivity contribution < 1.29 is 19.1 Å². The fraction of sp³-hybridized carbons (Fsp3) is 0.500. The minimum absolute atomic E-state index is 0.120. The highest BCUT2D eigenvalue weighted by Crippen LogP contribution is 2.25. The molecular weight excluding hydrogens is 416 g/mol. The molecule has 2 aromatic rings. The molecule has 2 amide bonds. The van der Waals surface area contributed by atoms with Gasteiger partial charge < -0.3 is 14.4 Å². The van der Waals surface area contributed by atoms with Crippen molar-refractivity contribution in [3.05, 3.63) is 35.3 Å². The number of nitrogens with zero attached hydrogens (tertiary/aromatic N) is 3. The van der Waals surface area contributed by atoms with E-state index in [2.05, 4.69) is 29.0 Å². The van der Waals surface area contributed by atoms with Gasteiger partial charge in [0.05, 0.1) is 17.9 Å². The Morgan fingerprint density at radius 2 is 2.13 bits per heavy atom. The van der Waals surface area contributed by atoms with Gasteiger partial charge in [0.1, 0.15) is 5.75 Å². The lowest BCUT2D eigenvalue weighted by molar-refractivity contribution is -0.118. The molecule has 2 unspecified atom stereocenters. The van der Waals surface area contributed by atoms with Gasteiger partial charge in [-0.25, -0.2) is 4.98 Å². The van der Waals surface area contributed by atoms with Crippen LogP contribution < -0.4 is 15.0 Å². The molecule has 166 valence electrons. The van der Waals surface area contributed by atoms with Crippen LogP contribution in [0.25, 0.3) is 0 Å². The number of hydrogen-bond acceptors (Lipinski definition) is 7. The first-order valence-electron chi connectivity index (χ1n) is 10.6. The molecule has 31 heavy (non-hydrogen) atoms. The van der Waals surface area contributed by atoms with E-state index in [1.165, 1.54) is 11.3 Å². The Morgan fingerprint density at radius 1 is 1.32 bits per heavy atom. The van der Waals surface area contributed by atoms with Crippen molar-refractivity contribution in [1.82, 2.24) is 9.88 Å². The first kappa shape index (κ1) is 21.7. The second kappa shape index (κ2) is 9.76. The number of carbonyl (C=O) groups is 2. The van der Waals surface area contributed by atoms with E-state index in [4.69, 9.17) is 9.47 Å². The highest BCUT2D eigenvalue weighted by atomic mass is 32.1. The zero-order chi connectivity index (χ0) is 21.8. The minimum atomic E-state index is -0.267. The Balaban J connectivity index is 1.26. The third kappa shape index (κ3) is 5.81. The number of nitrogens with one attached hydrogen (secondary N) is 1. The molecule has 3 heterocycles. The molecule has 0 bridgehead atoms. The van der Waals surface area contributed by atoms with Crippen LogP contribution in [0.3, 0.4) is 0 Å². The molecule has 2 fully saturated rings. The van der Waals surface area contributed by atoms with Crippen LogP contribution in [-0.4, -0.2) is 60.1 Å². The van der Waals surface area contributed by atoms with Gasteiger partial charge in [-0.05, 0) is 32.4 Å². The molecule has 0 aliphatic carbocycles. The Kier molecular flexibility index (Phi) is 6.84. The van der Waals surface area contributed by atoms with Crippen LogP contribution in [-0.2, 0) is 20.9 Å². The van der Waals surface area contributed by atoms with Crippen molar-refractivity contribution in [3.8, 4) is 5.75 Å². The maximum absolute atomic E-state index is 12.3. The first-order chi connectivity index (χ1) is 15.0. The summed E-state index contributed by atoms with van der Waals surface area (Å²) in [7, 11) is 0. The van der Waals surface area contributed by atoms with Crippen molar-refractivity contribution in [2.45, 2.75) is 45.4 Å². The fourth-order valence-corrected chi connectivity index (χ4v) is 4.76. The number of benzene rings is 1. The summed E-state index contributed by atoms with van der Waals surface area (Å²) in [5, 5.41) is 5.33. The van der Waals surface area contributed by atoms with Gasteiger partial charge in [-0.1, -0.05) is 6.07 Å². The summed E-state index contributed by atoms with van der Waals surface area (Å²) in [6.07, 6.45) is 1.86. The lowest BCUT2D eigenvalue weighted by atomic mass is 10.2. The van der Waals surface area contributed by atoms with Crippen LogP contribution in [0.2, 0.25) is 0 Å². The Morgan fingerprint density at radius 3 is 2.87 bits per heavy atom. The number of thiazole rings is 1. The highest BCUT2D eigenvalue weighted by Gasteiger charge is 2.23. The van der Waals surface area contributed by atoms with E-state index >= 15 is 0 Å². The average molecular weight is 445 g/mol. The van der Waals surface area contributed by atoms with Crippen LogP contribution in [0.5, 0.6) is 5.75 Å². The summed E-state index contributed by atoms with van der Waals surface area (Å²) in [5.41, 5.74) is 1.74. The van der Waals surface area contributed by atoms with Gasteiger partial charge in [-0.3, -0.25) is 19.8 Å². The second-order valence-electron chi connectivity index (χ2n) is 8.08. The Bertz CT molecular complexity index is 924. The summed E-state index contributed by atoms with van der Waals surface area (Å²) in [5.74, 6) is 0.412. The van der Waals surface area contributed by atoms with Gasteiger partial charge in [-0.2, -0.15) is 0 Å². The van der Waals surface area contributed by atoms with Gasteiger partial charge in [0.25, 0.3) is 5.91 Å². The number of morpholine rings is 1. The molecule has 2 saturated heterocycles. The zero-order valence-electron chi connectivity index (χ0n) is 17.9. The maximum atomic E-state index is 12.3. The normalized spacial score (nSPS) is 22.0. The highest BCUT2D eigenvalue weighted by molar-refractivity contribution is 7.13. The number of ether oxygens (including phenoxy) is 2. The van der Waals surface area contributed by atoms with Crippen LogP contribution in [0.4, 0.5) is 10.8 Å². The van der Waals surface area contributed by atoms with E-state index in [0.717, 1.165) is 44.0 Å². The van der Waals surface area contributed by atoms with E-state index in [1.54, 1.807) is 17.0 Å². The minimum Gasteiger partial charge on any atom is -0.484 e. The summed E-state index contributed by atoms with van der Waals surface area (Å²) in [4.78, 5) is 32.8. The number of anilines is 2. The maximum Gasteiger partial charge on any atom is 0.264 e. The molecule has 9 heteroatoms. The number of hydrogen-bond donors (Lipinski definition) is 1. The molecule has 0 saturated carbocycles. The van der Waals surface area contributed by atoms with Crippen LogP contribution in [0, 0.1) is 0 Å². The van der Waals surface area contributed by atoms with Crippen LogP contribution in [0.1, 0.15) is 32.4 Å². The quantitative estimate of drug-likeness (QED) is 0.707.